The largest absolute Gasteiger partial charge is 0.158 e. The average Bonchev–Trinajstić information content (AvgIpc) is 3.64. The van der Waals surface area contributed by atoms with E-state index in [-0.39, 0.29) is 0 Å². The van der Waals surface area contributed by atoms with Crippen LogP contribution in [0, 0.1) is 0 Å². The highest BCUT2D eigenvalue weighted by molar-refractivity contribution is 6.53. The van der Waals surface area contributed by atoms with Crippen molar-refractivity contribution >= 4 is 23.9 Å². The van der Waals surface area contributed by atoms with Crippen LogP contribution in [0.3, 0.4) is 0 Å². The summed E-state index contributed by atoms with van der Waals surface area (Å²) in [4.78, 5) is 0. The Morgan fingerprint density at radius 3 is 1.34 bits per heavy atom. The van der Waals surface area contributed by atoms with Gasteiger partial charge in [0.25, 0.3) is 0 Å². The number of nitrogens with zero attached hydrogens (tertiary/aromatic N) is 4. The maximum Gasteiger partial charge on any atom is 0.121 e. The number of hydrogen-bond acceptors (Lipinski definition) is 4. The lowest BCUT2D eigenvalue weighted by molar-refractivity contribution is 0.912. The van der Waals surface area contributed by atoms with Gasteiger partial charge in [0.2, 0.25) is 0 Å². The van der Waals surface area contributed by atoms with E-state index in [1.54, 1.807) is 0 Å². The molecule has 6 rings (SSSR count). The van der Waals surface area contributed by atoms with Crippen molar-refractivity contribution in [1.82, 2.24) is 0 Å². The molecule has 0 spiro atoms. The quantitative estimate of drug-likeness (QED) is 0.196. The molecular weight excluding hydrogens is 464 g/mol. The highest BCUT2D eigenvalue weighted by Gasteiger charge is 2.15. The molecule has 0 radical (unpaired) electrons. The van der Waals surface area contributed by atoms with Gasteiger partial charge in [0.15, 0.2) is 0 Å². The van der Waals surface area contributed by atoms with Crippen molar-refractivity contribution in [3.8, 4) is 0 Å². The lowest BCUT2D eigenvalue weighted by Crippen LogP contribution is -2.17. The summed E-state index contributed by atoms with van der Waals surface area (Å²) in [6.45, 7) is 0. The topological polar surface area (TPSA) is 49.4 Å². The van der Waals surface area contributed by atoms with Crippen LogP contribution >= 0.6 is 0 Å². The van der Waals surface area contributed by atoms with E-state index in [2.05, 4.69) is 46.6 Å². The van der Waals surface area contributed by atoms with Crippen molar-refractivity contribution in [1.29, 1.82) is 0 Å². The summed E-state index contributed by atoms with van der Waals surface area (Å²) in [5.41, 5.74) is 11.1. The Bertz CT molecular complexity index is 1430. The first-order valence-corrected chi connectivity index (χ1v) is 13.4. The minimum atomic E-state index is 0.681. The molecule has 0 atom stereocenters. The number of aryl methyl sites for hydroxylation is 4. The van der Waals surface area contributed by atoms with Crippen LogP contribution < -0.4 is 0 Å². The van der Waals surface area contributed by atoms with Crippen LogP contribution in [-0.2, 0) is 25.7 Å². The predicted molar refractivity (Wildman–Crippen MR) is 158 cm³/mol. The monoisotopic (exact) mass is 494 g/mol. The van der Waals surface area contributed by atoms with E-state index in [1.165, 1.54) is 47.9 Å². The summed E-state index contributed by atoms with van der Waals surface area (Å²) >= 11 is 0. The first-order chi connectivity index (χ1) is 18.8. The molecule has 4 aromatic carbocycles. The first kappa shape index (κ1) is 23.9. The van der Waals surface area contributed by atoms with Gasteiger partial charge in [-0.1, -0.05) is 84.9 Å². The summed E-state index contributed by atoms with van der Waals surface area (Å²) in [6, 6.07) is 33.3. The molecule has 2 aliphatic rings. The molecule has 4 heteroatoms. The molecule has 0 heterocycles. The van der Waals surface area contributed by atoms with Gasteiger partial charge in [0.05, 0.1) is 12.4 Å². The maximum atomic E-state index is 4.71. The average molecular weight is 495 g/mol. The molecule has 4 nitrogen and oxygen atoms in total. The smallest absolute Gasteiger partial charge is 0.121 e. The Morgan fingerprint density at radius 1 is 0.474 bits per heavy atom. The van der Waals surface area contributed by atoms with Gasteiger partial charge in [-0.3, -0.25) is 0 Å². The van der Waals surface area contributed by atoms with E-state index < -0.39 is 0 Å². The van der Waals surface area contributed by atoms with Crippen LogP contribution in [0.25, 0.3) is 0 Å². The predicted octanol–water partition coefficient (Wildman–Crippen LogP) is 7.01. The highest BCUT2D eigenvalue weighted by Crippen LogP contribution is 2.23. The number of benzene rings is 4. The van der Waals surface area contributed by atoms with Gasteiger partial charge in [0.1, 0.15) is 11.4 Å². The highest BCUT2D eigenvalue weighted by atomic mass is 15.2. The summed E-state index contributed by atoms with van der Waals surface area (Å²) in [5.74, 6) is 0. The zero-order valence-corrected chi connectivity index (χ0v) is 21.4. The van der Waals surface area contributed by atoms with Crippen LogP contribution in [0.2, 0.25) is 0 Å². The molecule has 0 fully saturated rings. The Labute approximate surface area is 224 Å². The summed E-state index contributed by atoms with van der Waals surface area (Å²) in [5, 5.41) is 18.5. The lowest BCUT2D eigenvalue weighted by Gasteiger charge is -2.08. The summed E-state index contributed by atoms with van der Waals surface area (Å²) in [6.07, 6.45) is 10.8. The van der Waals surface area contributed by atoms with Crippen molar-refractivity contribution < 1.29 is 0 Å². The van der Waals surface area contributed by atoms with Gasteiger partial charge < -0.3 is 0 Å². The molecule has 38 heavy (non-hydrogen) atoms. The van der Waals surface area contributed by atoms with Crippen molar-refractivity contribution in [2.45, 2.75) is 38.5 Å². The van der Waals surface area contributed by atoms with Gasteiger partial charge in [-0.2, -0.15) is 10.2 Å². The molecule has 186 valence electrons. The molecular formula is C34H30N4. The van der Waals surface area contributed by atoms with E-state index in [0.29, 0.717) is 11.4 Å². The van der Waals surface area contributed by atoms with Gasteiger partial charge in [-0.15, -0.1) is 10.2 Å². The Balaban J connectivity index is 1.37. The second-order valence-electron chi connectivity index (χ2n) is 9.88. The van der Waals surface area contributed by atoms with Crippen LogP contribution in [0.5, 0.6) is 0 Å². The second kappa shape index (κ2) is 11.3. The van der Waals surface area contributed by atoms with Gasteiger partial charge in [0, 0.05) is 11.1 Å². The van der Waals surface area contributed by atoms with E-state index in [1.807, 2.05) is 73.1 Å². The Morgan fingerprint density at radius 2 is 0.895 bits per heavy atom. The molecule has 0 amide bonds. The van der Waals surface area contributed by atoms with E-state index in [4.69, 9.17) is 10.2 Å². The molecule has 0 saturated carbocycles. The Kier molecular flexibility index (Phi) is 7.12. The number of fused-ring (bicyclic) bond motifs is 2. The van der Waals surface area contributed by atoms with Crippen molar-refractivity contribution in [3.63, 3.8) is 0 Å². The second-order valence-corrected chi connectivity index (χ2v) is 9.88. The van der Waals surface area contributed by atoms with Gasteiger partial charge in [-0.25, -0.2) is 0 Å². The van der Waals surface area contributed by atoms with Crippen LogP contribution in [0.4, 0.5) is 0 Å². The van der Waals surface area contributed by atoms with Crippen molar-refractivity contribution in [2.75, 3.05) is 0 Å². The fourth-order valence-corrected chi connectivity index (χ4v) is 5.33. The van der Waals surface area contributed by atoms with Gasteiger partial charge >= 0.3 is 0 Å². The number of rotatable bonds is 7. The maximum absolute atomic E-state index is 4.71. The fourth-order valence-electron chi connectivity index (χ4n) is 5.33. The van der Waals surface area contributed by atoms with E-state index in [0.717, 1.165) is 35.1 Å². The summed E-state index contributed by atoms with van der Waals surface area (Å²) in [7, 11) is 0. The SMILES string of the molecule is C(=N/N=C(\C(=N\N=C\c1ccc2c(c1)CCC2)c1ccccc1)c1ccccc1)\c1ccc2c(c1)CCC2. The third-order valence-electron chi connectivity index (χ3n) is 7.29. The molecule has 0 aliphatic heterocycles. The van der Waals surface area contributed by atoms with Crippen LogP contribution in [0.1, 0.15) is 57.3 Å². The zero-order chi connectivity index (χ0) is 25.6. The van der Waals surface area contributed by atoms with Crippen molar-refractivity contribution in [2.24, 2.45) is 20.4 Å². The standard InChI is InChI=1S/C34H30N4/c1-3-9-29(10-4-1)33(37-35-23-25-17-19-27-13-7-15-31(27)21-25)34(30-11-5-2-6-12-30)38-36-24-26-18-20-28-14-8-16-32(28)22-26/h1-6,9-12,17-24H,7-8,13-16H2/b35-23+,36-24+,37-33-,38-34+. The summed E-state index contributed by atoms with van der Waals surface area (Å²) < 4.78 is 0. The Hall–Kier alpha value is -4.44. The van der Waals surface area contributed by atoms with Crippen LogP contribution in [-0.4, -0.2) is 23.9 Å². The minimum Gasteiger partial charge on any atom is -0.158 e. The molecule has 0 saturated heterocycles. The van der Waals surface area contributed by atoms with Crippen LogP contribution in [0.15, 0.2) is 117 Å². The lowest BCUT2D eigenvalue weighted by atomic mass is 10.00. The molecule has 0 aromatic heterocycles. The third kappa shape index (κ3) is 5.45. The minimum absolute atomic E-state index is 0.681. The van der Waals surface area contributed by atoms with Gasteiger partial charge in [-0.05, 0) is 84.0 Å². The first-order valence-electron chi connectivity index (χ1n) is 13.4. The third-order valence-corrected chi connectivity index (χ3v) is 7.29. The molecule has 0 N–H and O–H groups in total. The molecule has 2 aliphatic carbocycles. The van der Waals surface area contributed by atoms with Crippen molar-refractivity contribution in [3.05, 3.63) is 142 Å². The van der Waals surface area contributed by atoms with E-state index >= 15 is 0 Å². The van der Waals surface area contributed by atoms with E-state index in [9.17, 15) is 0 Å². The zero-order valence-electron chi connectivity index (χ0n) is 21.4. The molecule has 4 aromatic rings. The molecule has 0 bridgehead atoms. The number of hydrogen-bond donors (Lipinski definition) is 0. The molecule has 0 unspecified atom stereocenters. The normalized spacial score (nSPS) is 15.4. The fraction of sp³-hybridized carbons (Fsp3) is 0.176.